The summed E-state index contributed by atoms with van der Waals surface area (Å²) in [5, 5.41) is 6.68. The molecule has 0 saturated carbocycles. The Balaban J connectivity index is 0. The van der Waals surface area contributed by atoms with Crippen LogP contribution in [0, 0.1) is 13.8 Å². The lowest BCUT2D eigenvalue weighted by molar-refractivity contribution is 1.09. The summed E-state index contributed by atoms with van der Waals surface area (Å²) in [7, 11) is 0. The summed E-state index contributed by atoms with van der Waals surface area (Å²) in [4.78, 5) is 8.62. The highest BCUT2D eigenvalue weighted by Crippen LogP contribution is 2.10. The largest absolute Gasteiger partial charge is 0.285 e. The maximum atomic E-state index is 4.38. The summed E-state index contributed by atoms with van der Waals surface area (Å²) in [6.45, 7) is 22.1. The van der Waals surface area contributed by atoms with Gasteiger partial charge in [0.25, 0.3) is 0 Å². The zero-order valence-electron chi connectivity index (χ0n) is 19.5. The highest BCUT2D eigenvalue weighted by atomic mass is 15.1. The molecule has 2 aromatic rings. The molecule has 4 nitrogen and oxygen atoms in total. The molecule has 0 radical (unpaired) electrons. The van der Waals surface area contributed by atoms with Crippen LogP contribution < -0.4 is 0 Å². The lowest BCUT2D eigenvalue weighted by Crippen LogP contribution is -2.03. The molecule has 0 spiro atoms. The Bertz CT molecular complexity index is 758. The molecule has 0 aliphatic carbocycles. The van der Waals surface area contributed by atoms with E-state index in [2.05, 4.69) is 71.5 Å². The third kappa shape index (κ3) is 12.9. The minimum absolute atomic E-state index is 0.908. The van der Waals surface area contributed by atoms with Gasteiger partial charge < -0.3 is 0 Å². The van der Waals surface area contributed by atoms with E-state index in [9.17, 15) is 0 Å². The van der Waals surface area contributed by atoms with Gasteiger partial charge in [-0.2, -0.15) is 5.10 Å². The molecule has 1 heterocycles. The summed E-state index contributed by atoms with van der Waals surface area (Å²) in [5.41, 5.74) is 6.67. The Kier molecular flexibility index (Phi) is 17.9. The molecule has 0 aliphatic rings. The molecule has 4 heteroatoms. The van der Waals surface area contributed by atoms with E-state index in [1.165, 1.54) is 11.1 Å². The second-order valence-corrected chi connectivity index (χ2v) is 5.79. The number of benzene rings is 1. The van der Waals surface area contributed by atoms with Crippen molar-refractivity contribution in [2.24, 2.45) is 9.98 Å². The predicted octanol–water partition coefficient (Wildman–Crippen LogP) is 7.36. The number of aryl methyl sites for hydroxylation is 2. The van der Waals surface area contributed by atoms with Gasteiger partial charge in [-0.15, -0.1) is 13.2 Å². The highest BCUT2D eigenvalue weighted by Gasteiger charge is 1.97. The van der Waals surface area contributed by atoms with E-state index in [4.69, 9.17) is 0 Å². The van der Waals surface area contributed by atoms with Crippen LogP contribution in [0.1, 0.15) is 58.2 Å². The van der Waals surface area contributed by atoms with Crippen molar-refractivity contribution in [1.82, 2.24) is 10.2 Å². The van der Waals surface area contributed by atoms with E-state index < -0.39 is 0 Å². The molecule has 0 saturated heterocycles. The Labute approximate surface area is 177 Å². The standard InChI is InChI=1S/C13H18N4.C8H10.C2H6.C2H4/c1-5-6-14-11(3)12(4)15-7-10(2)13-8-16-17-9-13;1-7-5-3-4-6-8(7)2;2*1-2/h5-9H,1-4H3,(H,16,17);3-6H,1-2H3;1-2H3;1-2H2/b6-5-,10-7+,14-11?,15-12?;;;. The predicted molar refractivity (Wildman–Crippen MR) is 132 cm³/mol. The fourth-order valence-electron chi connectivity index (χ4n) is 1.77. The lowest BCUT2D eigenvalue weighted by atomic mass is 10.1. The third-order valence-corrected chi connectivity index (χ3v) is 3.77. The molecule has 0 unspecified atom stereocenters. The Morgan fingerprint density at radius 3 is 1.90 bits per heavy atom. The fraction of sp³-hybridized carbons (Fsp3) is 0.320. The Morgan fingerprint density at radius 1 is 0.966 bits per heavy atom. The average Bonchev–Trinajstić information content (AvgIpc) is 3.30. The number of hydrogen-bond donors (Lipinski definition) is 1. The van der Waals surface area contributed by atoms with Crippen molar-refractivity contribution in [3.8, 4) is 0 Å². The van der Waals surface area contributed by atoms with Gasteiger partial charge in [-0.25, -0.2) is 0 Å². The van der Waals surface area contributed by atoms with Gasteiger partial charge >= 0.3 is 0 Å². The Hall–Kier alpha value is -3.01. The second-order valence-electron chi connectivity index (χ2n) is 5.79. The van der Waals surface area contributed by atoms with Crippen molar-refractivity contribution in [3.63, 3.8) is 0 Å². The molecule has 1 aromatic carbocycles. The number of nitrogens with zero attached hydrogens (tertiary/aromatic N) is 3. The second kappa shape index (κ2) is 18.4. The molecule has 1 aromatic heterocycles. The van der Waals surface area contributed by atoms with Crippen molar-refractivity contribution in [2.45, 2.75) is 55.4 Å². The number of aromatic amines is 1. The number of aliphatic imine (C=N–C) groups is 2. The first kappa shape index (κ1) is 28.2. The third-order valence-electron chi connectivity index (χ3n) is 3.77. The van der Waals surface area contributed by atoms with Gasteiger partial charge in [0.15, 0.2) is 0 Å². The monoisotopic (exact) mass is 394 g/mol. The normalized spacial score (nSPS) is 11.5. The molecule has 1 N–H and O–H groups in total. The molecule has 0 aliphatic heterocycles. The van der Waals surface area contributed by atoms with Crippen LogP contribution in [-0.4, -0.2) is 21.6 Å². The molecule has 2 rings (SSSR count). The SMILES string of the molecule is C/C=C\N=C(C)C(C)=N/C=C(\C)c1cn[nH]c1.C=C.CC.Cc1ccccc1C. The quantitative estimate of drug-likeness (QED) is 0.427. The van der Waals surface area contributed by atoms with Crippen molar-refractivity contribution < 1.29 is 0 Å². The zero-order chi connectivity index (χ0) is 22.7. The Morgan fingerprint density at radius 2 is 1.48 bits per heavy atom. The van der Waals surface area contributed by atoms with Crippen molar-refractivity contribution >= 4 is 17.0 Å². The van der Waals surface area contributed by atoms with E-state index in [1.54, 1.807) is 12.4 Å². The molecular formula is C25H38N4. The van der Waals surface area contributed by atoms with E-state index >= 15 is 0 Å². The van der Waals surface area contributed by atoms with Crippen LogP contribution in [-0.2, 0) is 0 Å². The lowest BCUT2D eigenvalue weighted by Gasteiger charge is -1.97. The van der Waals surface area contributed by atoms with Gasteiger partial charge in [-0.3, -0.25) is 15.1 Å². The van der Waals surface area contributed by atoms with Gasteiger partial charge in [-0.05, 0) is 58.2 Å². The minimum atomic E-state index is 0.908. The number of H-pyrrole nitrogens is 1. The summed E-state index contributed by atoms with van der Waals surface area (Å²) < 4.78 is 0. The van der Waals surface area contributed by atoms with Crippen LogP contribution in [0.5, 0.6) is 0 Å². The summed E-state index contributed by atoms with van der Waals surface area (Å²) in [6, 6.07) is 8.36. The number of hydrogen-bond acceptors (Lipinski definition) is 3. The zero-order valence-corrected chi connectivity index (χ0v) is 19.5. The van der Waals surface area contributed by atoms with Crippen LogP contribution in [0.2, 0.25) is 0 Å². The summed E-state index contributed by atoms with van der Waals surface area (Å²) in [5.74, 6) is 0. The van der Waals surface area contributed by atoms with Crippen LogP contribution in [0.3, 0.4) is 0 Å². The van der Waals surface area contributed by atoms with Gasteiger partial charge in [-0.1, -0.05) is 44.2 Å². The topological polar surface area (TPSA) is 53.4 Å². The first-order valence-electron chi connectivity index (χ1n) is 9.84. The van der Waals surface area contributed by atoms with Crippen LogP contribution in [0.4, 0.5) is 0 Å². The van der Waals surface area contributed by atoms with E-state index in [-0.39, 0.29) is 0 Å². The smallest absolute Gasteiger partial charge is 0.0584 e. The first-order valence-corrected chi connectivity index (χ1v) is 9.84. The molecule has 0 amide bonds. The molecule has 29 heavy (non-hydrogen) atoms. The van der Waals surface area contributed by atoms with Crippen LogP contribution in [0.15, 0.2) is 78.3 Å². The molecule has 0 bridgehead atoms. The molecule has 0 fully saturated rings. The van der Waals surface area contributed by atoms with E-state index in [1.807, 2.05) is 60.0 Å². The highest BCUT2D eigenvalue weighted by molar-refractivity contribution is 6.40. The average molecular weight is 395 g/mol. The number of allylic oxidation sites excluding steroid dienone is 2. The van der Waals surface area contributed by atoms with E-state index in [0.717, 1.165) is 22.6 Å². The van der Waals surface area contributed by atoms with Crippen LogP contribution >= 0.6 is 0 Å². The molecule has 158 valence electrons. The molecule has 0 atom stereocenters. The molecular weight excluding hydrogens is 356 g/mol. The maximum absolute atomic E-state index is 4.38. The van der Waals surface area contributed by atoms with Gasteiger partial charge in [0.05, 0.1) is 17.6 Å². The first-order chi connectivity index (χ1) is 14.0. The van der Waals surface area contributed by atoms with Crippen LogP contribution in [0.25, 0.3) is 5.57 Å². The number of aromatic nitrogens is 2. The number of rotatable bonds is 4. The summed E-state index contributed by atoms with van der Waals surface area (Å²) >= 11 is 0. The van der Waals surface area contributed by atoms with Gasteiger partial charge in [0, 0.05) is 24.2 Å². The van der Waals surface area contributed by atoms with Gasteiger partial charge in [0.2, 0.25) is 0 Å². The number of nitrogens with one attached hydrogen (secondary N) is 1. The van der Waals surface area contributed by atoms with Gasteiger partial charge in [0.1, 0.15) is 0 Å². The van der Waals surface area contributed by atoms with E-state index in [0.29, 0.717) is 0 Å². The minimum Gasteiger partial charge on any atom is -0.285 e. The van der Waals surface area contributed by atoms with Crippen molar-refractivity contribution in [1.29, 1.82) is 0 Å². The van der Waals surface area contributed by atoms with Crippen molar-refractivity contribution in [2.75, 3.05) is 0 Å². The fourth-order valence-corrected chi connectivity index (χ4v) is 1.77. The summed E-state index contributed by atoms with van der Waals surface area (Å²) in [6.07, 6.45) is 9.11. The maximum Gasteiger partial charge on any atom is 0.0584 e. The van der Waals surface area contributed by atoms with Crippen molar-refractivity contribution in [3.05, 3.63) is 85.0 Å².